The zero-order chi connectivity index (χ0) is 11.9. The Hall–Kier alpha value is -1.73. The van der Waals surface area contributed by atoms with E-state index >= 15 is 0 Å². The van der Waals surface area contributed by atoms with E-state index in [1.54, 1.807) is 0 Å². The number of nitrogens with zero attached hydrogens (tertiary/aromatic N) is 3. The van der Waals surface area contributed by atoms with E-state index in [9.17, 15) is 22.0 Å². The fraction of sp³-hybridized carbons (Fsp3) is 0.250. The van der Waals surface area contributed by atoms with Gasteiger partial charge in [0, 0.05) is 11.8 Å². The van der Waals surface area contributed by atoms with Gasteiger partial charge in [-0.25, -0.2) is 18.3 Å². The highest BCUT2D eigenvalue weighted by Gasteiger charge is 2.36. The molecule has 2 heterocycles. The van der Waals surface area contributed by atoms with Gasteiger partial charge in [0.2, 0.25) is 0 Å². The number of hydrogen-bond acceptors (Lipinski definition) is 2. The molecule has 0 bridgehead atoms. The molecule has 2 aromatic heterocycles. The van der Waals surface area contributed by atoms with Gasteiger partial charge >= 0.3 is 6.18 Å². The summed E-state index contributed by atoms with van der Waals surface area (Å²) in [6.07, 6.45) is -6.62. The highest BCUT2D eigenvalue weighted by Crippen LogP contribution is 2.27. The molecule has 2 rings (SSSR count). The summed E-state index contributed by atoms with van der Waals surface area (Å²) in [5, 5.41) is 3.07. The topological polar surface area (TPSA) is 30.2 Å². The van der Waals surface area contributed by atoms with Gasteiger partial charge in [-0.3, -0.25) is 0 Å². The molecule has 0 N–H and O–H groups in total. The van der Waals surface area contributed by atoms with Crippen molar-refractivity contribution in [3.05, 3.63) is 29.7 Å². The third-order valence-corrected chi connectivity index (χ3v) is 1.86. The molecule has 0 saturated carbocycles. The summed E-state index contributed by atoms with van der Waals surface area (Å²) in [6.45, 7) is 0. The smallest absolute Gasteiger partial charge is 0.220 e. The van der Waals surface area contributed by atoms with Gasteiger partial charge in [0.15, 0.2) is 5.65 Å². The van der Waals surface area contributed by atoms with Crippen molar-refractivity contribution < 1.29 is 22.0 Å². The second kappa shape index (κ2) is 3.39. The first kappa shape index (κ1) is 10.8. The lowest BCUT2D eigenvalue weighted by Crippen LogP contribution is -2.07. The fourth-order valence-corrected chi connectivity index (χ4v) is 1.15. The van der Waals surface area contributed by atoms with Gasteiger partial charge in [-0.2, -0.15) is 13.2 Å². The van der Waals surface area contributed by atoms with Crippen LogP contribution in [0.2, 0.25) is 0 Å². The minimum absolute atomic E-state index is 0.128. The predicted molar refractivity (Wildman–Crippen MR) is 42.9 cm³/mol. The van der Waals surface area contributed by atoms with Crippen LogP contribution in [-0.2, 0) is 6.18 Å². The highest BCUT2D eigenvalue weighted by atomic mass is 19.4. The molecule has 0 aromatic carbocycles. The highest BCUT2D eigenvalue weighted by molar-refractivity contribution is 5.39. The Morgan fingerprint density at radius 2 is 1.88 bits per heavy atom. The molecule has 3 nitrogen and oxygen atoms in total. The van der Waals surface area contributed by atoms with Crippen LogP contribution in [-0.4, -0.2) is 14.6 Å². The van der Waals surface area contributed by atoms with E-state index in [0.717, 1.165) is 18.3 Å². The molecule has 0 saturated heterocycles. The van der Waals surface area contributed by atoms with Gasteiger partial charge in [-0.1, -0.05) is 0 Å². The first-order valence-electron chi connectivity index (χ1n) is 4.09. The molecule has 16 heavy (non-hydrogen) atoms. The molecule has 0 spiro atoms. The van der Waals surface area contributed by atoms with Crippen LogP contribution in [0.3, 0.4) is 0 Å². The molecule has 8 heteroatoms. The number of pyridine rings is 1. The maximum Gasteiger partial charge on any atom is 0.453 e. The van der Waals surface area contributed by atoms with Crippen LogP contribution in [0.4, 0.5) is 22.0 Å². The zero-order valence-electron chi connectivity index (χ0n) is 7.54. The van der Waals surface area contributed by atoms with E-state index in [1.807, 2.05) is 0 Å². The molecule has 86 valence electrons. The summed E-state index contributed by atoms with van der Waals surface area (Å²) in [5.74, 6) is -1.35. The van der Waals surface area contributed by atoms with Crippen molar-refractivity contribution in [2.75, 3.05) is 0 Å². The average Bonchev–Trinajstić information content (AvgIpc) is 2.58. The van der Waals surface area contributed by atoms with E-state index < -0.39 is 24.0 Å². The van der Waals surface area contributed by atoms with E-state index in [2.05, 4.69) is 10.1 Å². The van der Waals surface area contributed by atoms with Crippen molar-refractivity contribution >= 4 is 5.65 Å². The molecule has 2 aromatic rings. The maximum atomic E-state index is 12.3. The van der Waals surface area contributed by atoms with Crippen LogP contribution < -0.4 is 0 Å². The van der Waals surface area contributed by atoms with Crippen molar-refractivity contribution in [3.8, 4) is 0 Å². The van der Waals surface area contributed by atoms with E-state index in [-0.39, 0.29) is 5.65 Å². The Bertz CT molecular complexity index is 516. The Morgan fingerprint density at radius 3 is 2.44 bits per heavy atom. The van der Waals surface area contributed by atoms with E-state index in [0.29, 0.717) is 4.52 Å². The lowest BCUT2D eigenvalue weighted by Gasteiger charge is -1.98. The van der Waals surface area contributed by atoms with Crippen LogP contribution in [0.5, 0.6) is 0 Å². The SMILES string of the molecule is FC(F)c1ccc2nc(C(F)(F)F)nn2c1. The Morgan fingerprint density at radius 1 is 1.19 bits per heavy atom. The minimum Gasteiger partial charge on any atom is -0.220 e. The van der Waals surface area contributed by atoms with Crippen molar-refractivity contribution in [3.63, 3.8) is 0 Å². The summed E-state index contributed by atoms with van der Waals surface area (Å²) in [4.78, 5) is 3.17. The quantitative estimate of drug-likeness (QED) is 0.714. The molecule has 0 unspecified atom stereocenters. The van der Waals surface area contributed by atoms with E-state index in [1.165, 1.54) is 0 Å². The summed E-state index contributed by atoms with van der Waals surface area (Å²) in [6, 6.07) is 2.07. The maximum absolute atomic E-state index is 12.3. The van der Waals surface area contributed by atoms with Crippen molar-refractivity contribution in [2.45, 2.75) is 12.6 Å². The standard InChI is InChI=1S/C8H4F5N3/c9-6(10)4-1-2-5-14-7(8(11,12)13)15-16(5)3-4/h1-3,6H. The molecule has 0 fully saturated rings. The molecule has 0 atom stereocenters. The average molecular weight is 237 g/mol. The van der Waals surface area contributed by atoms with Gasteiger partial charge < -0.3 is 0 Å². The number of aromatic nitrogens is 3. The van der Waals surface area contributed by atoms with Gasteiger partial charge in [-0.15, -0.1) is 5.10 Å². The predicted octanol–water partition coefficient (Wildman–Crippen LogP) is 2.69. The first-order chi connectivity index (χ1) is 7.38. The van der Waals surface area contributed by atoms with Crippen LogP contribution in [0.25, 0.3) is 5.65 Å². The van der Waals surface area contributed by atoms with Crippen LogP contribution in [0.15, 0.2) is 18.3 Å². The molecule has 0 aliphatic carbocycles. The second-order valence-electron chi connectivity index (χ2n) is 3.00. The Balaban J connectivity index is 2.54. The van der Waals surface area contributed by atoms with Crippen molar-refractivity contribution in [1.29, 1.82) is 0 Å². The number of alkyl halides is 5. The number of rotatable bonds is 1. The normalized spacial score (nSPS) is 12.6. The first-order valence-corrected chi connectivity index (χ1v) is 4.09. The lowest BCUT2D eigenvalue weighted by atomic mass is 10.3. The van der Waals surface area contributed by atoms with Crippen molar-refractivity contribution in [2.24, 2.45) is 0 Å². The lowest BCUT2D eigenvalue weighted by molar-refractivity contribution is -0.144. The largest absolute Gasteiger partial charge is 0.453 e. The summed E-state index contributed by atoms with van der Waals surface area (Å²) in [7, 11) is 0. The fourth-order valence-electron chi connectivity index (χ4n) is 1.15. The van der Waals surface area contributed by atoms with E-state index in [4.69, 9.17) is 0 Å². The minimum atomic E-state index is -4.68. The molecule has 0 amide bonds. The second-order valence-corrected chi connectivity index (χ2v) is 3.00. The Kier molecular flexibility index (Phi) is 2.28. The van der Waals surface area contributed by atoms with Gasteiger partial charge in [0.1, 0.15) is 0 Å². The third-order valence-electron chi connectivity index (χ3n) is 1.86. The van der Waals surface area contributed by atoms with Gasteiger partial charge in [-0.05, 0) is 12.1 Å². The van der Waals surface area contributed by atoms with Crippen LogP contribution in [0, 0.1) is 0 Å². The monoisotopic (exact) mass is 237 g/mol. The molecular formula is C8H4F5N3. The third kappa shape index (κ3) is 1.82. The van der Waals surface area contributed by atoms with Crippen LogP contribution >= 0.6 is 0 Å². The summed E-state index contributed by atoms with van der Waals surface area (Å²) in [5.41, 5.74) is -0.539. The van der Waals surface area contributed by atoms with Crippen molar-refractivity contribution in [1.82, 2.24) is 14.6 Å². The summed E-state index contributed by atoms with van der Waals surface area (Å²) < 4.78 is 61.8. The zero-order valence-corrected chi connectivity index (χ0v) is 7.54. The summed E-state index contributed by atoms with van der Waals surface area (Å²) >= 11 is 0. The number of fused-ring (bicyclic) bond motifs is 1. The molecule has 0 radical (unpaired) electrons. The number of hydrogen-bond donors (Lipinski definition) is 0. The molecule has 0 aliphatic rings. The molecular weight excluding hydrogens is 233 g/mol. The number of halogens is 5. The van der Waals surface area contributed by atoms with Gasteiger partial charge in [0.25, 0.3) is 12.2 Å². The Labute approximate surface area is 85.5 Å². The van der Waals surface area contributed by atoms with Gasteiger partial charge in [0.05, 0.1) is 0 Å². The van der Waals surface area contributed by atoms with Crippen LogP contribution in [0.1, 0.15) is 17.8 Å². The molecule has 0 aliphatic heterocycles.